The number of aliphatic carboxylic acids is 1. The summed E-state index contributed by atoms with van der Waals surface area (Å²) >= 11 is 0. The van der Waals surface area contributed by atoms with Crippen molar-refractivity contribution in [2.45, 2.75) is 52.5 Å². The molecular formula is C23H28FN2NaO2. The van der Waals surface area contributed by atoms with Crippen LogP contribution in [0.4, 0.5) is 15.8 Å². The topological polar surface area (TPSA) is 55.4 Å². The molecule has 0 spiro atoms. The van der Waals surface area contributed by atoms with E-state index in [1.54, 1.807) is 12.1 Å². The maximum Gasteiger partial charge on any atom is 1.00 e. The van der Waals surface area contributed by atoms with Crippen LogP contribution >= 0.6 is 0 Å². The van der Waals surface area contributed by atoms with Crippen molar-refractivity contribution in [3.05, 3.63) is 58.4 Å². The second-order valence-corrected chi connectivity index (χ2v) is 7.48. The molecule has 0 fully saturated rings. The van der Waals surface area contributed by atoms with E-state index in [-0.39, 0.29) is 48.2 Å². The molecule has 2 aromatic carbocycles. The zero-order valence-electron chi connectivity index (χ0n) is 17.7. The Bertz CT molecular complexity index is 857. The van der Waals surface area contributed by atoms with Crippen molar-refractivity contribution in [1.29, 1.82) is 0 Å². The third-order valence-corrected chi connectivity index (χ3v) is 5.45. The van der Waals surface area contributed by atoms with E-state index in [9.17, 15) is 14.3 Å². The SMILES string of the molecule is CCCN1CCCc2ccc(CNc3ccc(CCC(=O)[O-])c(F)c3)c(C)c21.[Na+]. The summed E-state index contributed by atoms with van der Waals surface area (Å²) in [5.41, 5.74) is 6.39. The summed E-state index contributed by atoms with van der Waals surface area (Å²) in [5, 5.41) is 13.9. The zero-order chi connectivity index (χ0) is 20.1. The Morgan fingerprint density at radius 2 is 2.00 bits per heavy atom. The summed E-state index contributed by atoms with van der Waals surface area (Å²) < 4.78 is 14.2. The first-order chi connectivity index (χ1) is 13.5. The summed E-state index contributed by atoms with van der Waals surface area (Å²) in [4.78, 5) is 13.0. The number of fused-ring (bicyclic) bond motifs is 1. The number of hydrogen-bond acceptors (Lipinski definition) is 4. The fourth-order valence-corrected chi connectivity index (χ4v) is 3.99. The predicted octanol–water partition coefficient (Wildman–Crippen LogP) is 0.595. The number of carboxylic acids is 1. The maximum absolute atomic E-state index is 14.2. The molecule has 0 radical (unpaired) electrons. The molecular weight excluding hydrogens is 378 g/mol. The van der Waals surface area contributed by atoms with Gasteiger partial charge in [-0.3, -0.25) is 0 Å². The first kappa shape index (κ1) is 23.7. The summed E-state index contributed by atoms with van der Waals surface area (Å²) in [6.07, 6.45) is 3.43. The molecule has 29 heavy (non-hydrogen) atoms. The maximum atomic E-state index is 14.2. The average molecular weight is 406 g/mol. The smallest absolute Gasteiger partial charge is 0.550 e. The monoisotopic (exact) mass is 406 g/mol. The third-order valence-electron chi connectivity index (χ3n) is 5.45. The van der Waals surface area contributed by atoms with Crippen LogP contribution in [-0.4, -0.2) is 19.1 Å². The van der Waals surface area contributed by atoms with E-state index in [2.05, 4.69) is 36.2 Å². The van der Waals surface area contributed by atoms with Gasteiger partial charge in [0.05, 0.1) is 0 Å². The van der Waals surface area contributed by atoms with Crippen molar-refractivity contribution in [3.63, 3.8) is 0 Å². The van der Waals surface area contributed by atoms with Crippen LogP contribution in [0.2, 0.25) is 0 Å². The molecule has 0 amide bonds. The number of carbonyl (C=O) groups excluding carboxylic acids is 1. The van der Waals surface area contributed by atoms with E-state index in [1.807, 2.05) is 0 Å². The predicted molar refractivity (Wildman–Crippen MR) is 109 cm³/mol. The van der Waals surface area contributed by atoms with Crippen LogP contribution in [0.1, 0.15) is 48.4 Å². The van der Waals surface area contributed by atoms with Gasteiger partial charge in [0, 0.05) is 37.0 Å². The molecule has 1 N–H and O–H groups in total. The minimum absolute atomic E-state index is 0. The number of rotatable bonds is 8. The van der Waals surface area contributed by atoms with Gasteiger partial charge in [0.25, 0.3) is 0 Å². The molecule has 0 saturated carbocycles. The van der Waals surface area contributed by atoms with E-state index in [1.165, 1.54) is 34.9 Å². The molecule has 4 nitrogen and oxygen atoms in total. The number of anilines is 2. The van der Waals surface area contributed by atoms with Crippen molar-refractivity contribution in [3.8, 4) is 0 Å². The van der Waals surface area contributed by atoms with Gasteiger partial charge in [0.15, 0.2) is 0 Å². The van der Waals surface area contributed by atoms with Gasteiger partial charge >= 0.3 is 29.6 Å². The van der Waals surface area contributed by atoms with E-state index in [4.69, 9.17) is 0 Å². The van der Waals surface area contributed by atoms with Crippen LogP contribution in [0, 0.1) is 12.7 Å². The normalized spacial score (nSPS) is 12.9. The molecule has 1 aliphatic rings. The quantitative estimate of drug-likeness (QED) is 0.653. The first-order valence-corrected chi connectivity index (χ1v) is 10.1. The number of aryl methyl sites for hydroxylation is 2. The van der Waals surface area contributed by atoms with Crippen LogP contribution in [0.15, 0.2) is 30.3 Å². The van der Waals surface area contributed by atoms with E-state index >= 15 is 0 Å². The number of carbonyl (C=O) groups is 1. The number of carboxylic acid groups (broad SMARTS) is 1. The van der Waals surface area contributed by atoms with Crippen molar-refractivity contribution < 1.29 is 43.8 Å². The number of nitrogens with one attached hydrogen (secondary N) is 1. The third kappa shape index (κ3) is 5.97. The van der Waals surface area contributed by atoms with Crippen molar-refractivity contribution in [2.75, 3.05) is 23.3 Å². The minimum Gasteiger partial charge on any atom is -0.550 e. The van der Waals surface area contributed by atoms with Gasteiger partial charge in [-0.1, -0.05) is 25.1 Å². The summed E-state index contributed by atoms with van der Waals surface area (Å²) in [7, 11) is 0. The fraction of sp³-hybridized carbons (Fsp3) is 0.435. The standard InChI is InChI=1S/C23H29FN2O2.Na/c1-3-12-26-13-4-5-18-6-7-19(16(2)23(18)26)15-25-20-10-8-17(21(24)14-20)9-11-22(27)28;/h6-8,10,14,25H,3-5,9,11-13,15H2,1-2H3,(H,27,28);/q;+1/p-1. The Kier molecular flexibility index (Phi) is 9.00. The van der Waals surface area contributed by atoms with Gasteiger partial charge in [-0.05, 0) is 73.4 Å². The zero-order valence-corrected chi connectivity index (χ0v) is 19.7. The van der Waals surface area contributed by atoms with Crippen LogP contribution in [0.25, 0.3) is 0 Å². The second-order valence-electron chi connectivity index (χ2n) is 7.48. The summed E-state index contributed by atoms with van der Waals surface area (Å²) in [6, 6.07) is 9.27. The minimum atomic E-state index is -1.17. The van der Waals surface area contributed by atoms with Gasteiger partial charge in [-0.15, -0.1) is 0 Å². The van der Waals surface area contributed by atoms with Gasteiger partial charge in [-0.25, -0.2) is 4.39 Å². The van der Waals surface area contributed by atoms with Crippen LogP contribution < -0.4 is 44.9 Å². The molecule has 0 atom stereocenters. The number of halogens is 1. The Morgan fingerprint density at radius 3 is 2.69 bits per heavy atom. The number of hydrogen-bond donors (Lipinski definition) is 1. The van der Waals surface area contributed by atoms with E-state index < -0.39 is 5.97 Å². The van der Waals surface area contributed by atoms with Crippen molar-refractivity contribution >= 4 is 17.3 Å². The van der Waals surface area contributed by atoms with Crippen molar-refractivity contribution in [2.24, 2.45) is 0 Å². The van der Waals surface area contributed by atoms with Crippen molar-refractivity contribution in [1.82, 2.24) is 0 Å². The molecule has 0 unspecified atom stereocenters. The molecule has 1 aliphatic heterocycles. The first-order valence-electron chi connectivity index (χ1n) is 10.1. The van der Waals surface area contributed by atoms with Gasteiger partial charge in [0.2, 0.25) is 0 Å². The Hall–Kier alpha value is -1.56. The molecule has 0 bridgehead atoms. The van der Waals surface area contributed by atoms with Gasteiger partial charge < -0.3 is 20.1 Å². The van der Waals surface area contributed by atoms with Crippen LogP contribution in [0.5, 0.6) is 0 Å². The molecule has 3 rings (SSSR count). The van der Waals surface area contributed by atoms with Crippen LogP contribution in [0.3, 0.4) is 0 Å². The van der Waals surface area contributed by atoms with Crippen LogP contribution in [-0.2, 0) is 24.2 Å². The Balaban J connectivity index is 0.00000300. The summed E-state index contributed by atoms with van der Waals surface area (Å²) in [6.45, 7) is 7.19. The summed E-state index contributed by atoms with van der Waals surface area (Å²) in [5.74, 6) is -1.55. The second kappa shape index (κ2) is 11.0. The molecule has 2 aromatic rings. The largest absolute Gasteiger partial charge is 1.00 e. The number of nitrogens with zero attached hydrogens (tertiary/aromatic N) is 1. The Labute approximate surface area is 194 Å². The van der Waals surface area contributed by atoms with E-state index in [0.29, 0.717) is 17.8 Å². The van der Waals surface area contributed by atoms with Gasteiger partial charge in [0.1, 0.15) is 5.82 Å². The average Bonchev–Trinajstić information content (AvgIpc) is 2.67. The molecule has 0 saturated heterocycles. The molecule has 0 aromatic heterocycles. The fourth-order valence-electron chi connectivity index (χ4n) is 3.99. The number of benzene rings is 2. The van der Waals surface area contributed by atoms with E-state index in [0.717, 1.165) is 25.9 Å². The molecule has 1 heterocycles. The Morgan fingerprint density at radius 1 is 1.24 bits per heavy atom. The van der Waals surface area contributed by atoms with Gasteiger partial charge in [-0.2, -0.15) is 0 Å². The molecule has 0 aliphatic carbocycles. The molecule has 150 valence electrons. The molecule has 6 heteroatoms.